The summed E-state index contributed by atoms with van der Waals surface area (Å²) in [6.45, 7) is 9.47. The van der Waals surface area contributed by atoms with Crippen molar-refractivity contribution in [3.63, 3.8) is 0 Å². The van der Waals surface area contributed by atoms with Crippen LogP contribution in [0.15, 0.2) is 70.1 Å². The molecule has 2 aromatic carbocycles. The second-order valence-electron chi connectivity index (χ2n) is 11.4. The molecule has 3 heterocycles. The molecule has 0 bridgehead atoms. The number of hydrogen-bond donors (Lipinski definition) is 2. The minimum Gasteiger partial charge on any atom is -0.338 e. The average Bonchev–Trinajstić information content (AvgIpc) is 3.32. The molecule has 0 spiro atoms. The smallest absolute Gasteiger partial charge is 0.326 e. The first-order chi connectivity index (χ1) is 19.8. The lowest BCUT2D eigenvalue weighted by Crippen LogP contribution is -2.22. The number of anilines is 4. The number of halogens is 1. The highest BCUT2D eigenvalue weighted by Crippen LogP contribution is 2.32. The maximum Gasteiger partial charge on any atom is 0.326 e. The van der Waals surface area contributed by atoms with Crippen LogP contribution in [0.5, 0.6) is 0 Å². The molecule has 10 heteroatoms. The fourth-order valence-electron chi connectivity index (χ4n) is 4.98. The Bertz CT molecular complexity index is 1870. The van der Waals surface area contributed by atoms with Gasteiger partial charge in [0.15, 0.2) is 0 Å². The van der Waals surface area contributed by atoms with Gasteiger partial charge in [-0.15, -0.1) is 0 Å². The van der Waals surface area contributed by atoms with E-state index in [1.807, 2.05) is 69.1 Å². The number of aromatic nitrogens is 3. The third-order valence-corrected chi connectivity index (χ3v) is 7.29. The number of benzene rings is 2. The van der Waals surface area contributed by atoms with Gasteiger partial charge in [0, 0.05) is 54.0 Å². The third-order valence-electron chi connectivity index (χ3n) is 7.29. The van der Waals surface area contributed by atoms with E-state index in [4.69, 9.17) is 4.52 Å². The summed E-state index contributed by atoms with van der Waals surface area (Å²) in [6.07, 6.45) is 1.71. The summed E-state index contributed by atoms with van der Waals surface area (Å²) in [4.78, 5) is 32.9. The zero-order valence-electron chi connectivity index (χ0n) is 24.7. The Balaban J connectivity index is 1.47. The maximum absolute atomic E-state index is 15.0. The first kappa shape index (κ1) is 28.5. The highest BCUT2D eigenvalue weighted by atomic mass is 19.1. The van der Waals surface area contributed by atoms with E-state index in [0.717, 1.165) is 11.1 Å². The van der Waals surface area contributed by atoms with Crippen molar-refractivity contribution in [2.24, 2.45) is 7.05 Å². The Kier molecular flexibility index (Phi) is 7.32. The number of rotatable bonds is 5. The standard InChI is InChI=1S/C32H33FN6O3/c1-18-13-24(33)25(35-31(41)36-29-19(2)28(37-42-29)32(3,4)5)15-22(18)23-14-20-17-34-27(16-26(20)39(7)30(23)40)38(6)21-11-9-8-10-12-21/h8-17H,1-7H3,(H2,35,36,41). The summed E-state index contributed by atoms with van der Waals surface area (Å²) in [5, 5.41) is 9.94. The molecule has 0 saturated heterocycles. The fourth-order valence-corrected chi connectivity index (χ4v) is 4.98. The predicted octanol–water partition coefficient (Wildman–Crippen LogP) is 7.05. The number of aryl methyl sites for hydroxylation is 2. The Hall–Kier alpha value is -4.99. The van der Waals surface area contributed by atoms with E-state index in [1.165, 1.54) is 12.1 Å². The molecule has 3 aromatic heterocycles. The first-order valence-corrected chi connectivity index (χ1v) is 13.5. The van der Waals surface area contributed by atoms with Crippen molar-refractivity contribution in [3.05, 3.63) is 93.8 Å². The fraction of sp³-hybridized carbons (Fsp3) is 0.250. The molecule has 0 saturated carbocycles. The van der Waals surface area contributed by atoms with E-state index in [0.29, 0.717) is 39.3 Å². The van der Waals surface area contributed by atoms with Crippen molar-refractivity contribution in [1.29, 1.82) is 0 Å². The van der Waals surface area contributed by atoms with Gasteiger partial charge >= 0.3 is 6.03 Å². The monoisotopic (exact) mass is 568 g/mol. The minimum atomic E-state index is -0.700. The van der Waals surface area contributed by atoms with Crippen LogP contribution < -0.4 is 21.1 Å². The number of nitrogens with zero attached hydrogens (tertiary/aromatic N) is 4. The Morgan fingerprint density at radius 3 is 2.40 bits per heavy atom. The van der Waals surface area contributed by atoms with Crippen molar-refractivity contribution in [1.82, 2.24) is 14.7 Å². The number of hydrogen-bond acceptors (Lipinski definition) is 6. The van der Waals surface area contributed by atoms with Gasteiger partial charge in [-0.1, -0.05) is 44.1 Å². The number of pyridine rings is 2. The van der Waals surface area contributed by atoms with E-state index in [9.17, 15) is 9.59 Å². The number of carbonyl (C=O) groups excluding carboxylic acids is 1. The van der Waals surface area contributed by atoms with E-state index >= 15 is 4.39 Å². The predicted molar refractivity (Wildman–Crippen MR) is 164 cm³/mol. The van der Waals surface area contributed by atoms with Crippen LogP contribution in [0.1, 0.15) is 37.6 Å². The van der Waals surface area contributed by atoms with Gasteiger partial charge < -0.3 is 19.3 Å². The Morgan fingerprint density at radius 1 is 1.02 bits per heavy atom. The summed E-state index contributed by atoms with van der Waals surface area (Å²) < 4.78 is 21.9. The third kappa shape index (κ3) is 5.35. The lowest BCUT2D eigenvalue weighted by Gasteiger charge is -2.19. The summed E-state index contributed by atoms with van der Waals surface area (Å²) >= 11 is 0. The van der Waals surface area contributed by atoms with Crippen LogP contribution >= 0.6 is 0 Å². The molecule has 0 radical (unpaired) electrons. The van der Waals surface area contributed by atoms with Gasteiger partial charge in [-0.05, 0) is 55.3 Å². The number of nitrogens with one attached hydrogen (secondary N) is 2. The minimum absolute atomic E-state index is 0.0820. The van der Waals surface area contributed by atoms with Crippen molar-refractivity contribution >= 4 is 40.0 Å². The van der Waals surface area contributed by atoms with Crippen molar-refractivity contribution in [2.45, 2.75) is 40.0 Å². The molecule has 0 fully saturated rings. The van der Waals surface area contributed by atoms with Crippen molar-refractivity contribution in [2.75, 3.05) is 22.6 Å². The lowest BCUT2D eigenvalue weighted by molar-refractivity contribution is 0.261. The van der Waals surface area contributed by atoms with Gasteiger partial charge in [-0.3, -0.25) is 10.1 Å². The number of carbonyl (C=O) groups is 1. The molecule has 2 N–H and O–H groups in total. The zero-order chi connectivity index (χ0) is 30.3. The number of para-hydroxylation sites is 1. The molecule has 0 unspecified atom stereocenters. The Morgan fingerprint density at radius 2 is 1.74 bits per heavy atom. The topological polar surface area (TPSA) is 105 Å². The number of amides is 2. The molecule has 216 valence electrons. The average molecular weight is 569 g/mol. The van der Waals surface area contributed by atoms with Crippen LogP contribution in [0.3, 0.4) is 0 Å². The quantitative estimate of drug-likeness (QED) is 0.235. The van der Waals surface area contributed by atoms with Crippen LogP contribution in [-0.2, 0) is 12.5 Å². The normalized spacial score (nSPS) is 11.5. The van der Waals surface area contributed by atoms with Gasteiger partial charge in [0.05, 0.1) is 16.9 Å². The molecule has 9 nitrogen and oxygen atoms in total. The summed E-state index contributed by atoms with van der Waals surface area (Å²) in [5.74, 6) is 0.228. The van der Waals surface area contributed by atoms with Crippen LogP contribution in [-0.4, -0.2) is 27.8 Å². The molecule has 5 rings (SSSR count). The molecule has 0 aliphatic heterocycles. The van der Waals surface area contributed by atoms with Gasteiger partial charge in [0.1, 0.15) is 11.6 Å². The molecular weight excluding hydrogens is 535 g/mol. The van der Waals surface area contributed by atoms with Gasteiger partial charge in [-0.2, -0.15) is 0 Å². The molecule has 2 amide bonds. The van der Waals surface area contributed by atoms with E-state index in [-0.39, 0.29) is 22.5 Å². The van der Waals surface area contributed by atoms with Gasteiger partial charge in [0.25, 0.3) is 5.56 Å². The highest BCUT2D eigenvalue weighted by molar-refractivity contribution is 6.00. The van der Waals surface area contributed by atoms with Crippen LogP contribution in [0.4, 0.5) is 32.3 Å². The SMILES string of the molecule is Cc1cc(F)c(NC(=O)Nc2onc(C(C)(C)C)c2C)cc1-c1cc2cnc(N(C)c3ccccc3)cc2n(C)c1=O. The summed E-state index contributed by atoms with van der Waals surface area (Å²) in [6, 6.07) is 15.5. The molecule has 0 aliphatic rings. The van der Waals surface area contributed by atoms with Crippen LogP contribution in [0, 0.1) is 19.7 Å². The molecular formula is C32H33FN6O3. The lowest BCUT2D eigenvalue weighted by atomic mass is 9.90. The molecule has 0 atom stereocenters. The second-order valence-corrected chi connectivity index (χ2v) is 11.4. The number of fused-ring (bicyclic) bond motifs is 1. The maximum atomic E-state index is 15.0. The van der Waals surface area contributed by atoms with Crippen LogP contribution in [0.2, 0.25) is 0 Å². The second kappa shape index (κ2) is 10.8. The van der Waals surface area contributed by atoms with Crippen molar-refractivity contribution < 1.29 is 13.7 Å². The summed E-state index contributed by atoms with van der Waals surface area (Å²) in [5.41, 5.74) is 3.84. The largest absolute Gasteiger partial charge is 0.338 e. The molecule has 0 aliphatic carbocycles. The van der Waals surface area contributed by atoms with Gasteiger partial charge in [-0.25, -0.2) is 14.2 Å². The summed E-state index contributed by atoms with van der Waals surface area (Å²) in [7, 11) is 3.60. The van der Waals surface area contributed by atoms with E-state index in [1.54, 1.807) is 37.7 Å². The zero-order valence-corrected chi connectivity index (χ0v) is 24.7. The van der Waals surface area contributed by atoms with E-state index in [2.05, 4.69) is 20.8 Å². The van der Waals surface area contributed by atoms with Gasteiger partial charge in [0.2, 0.25) is 5.88 Å². The molecule has 5 aromatic rings. The molecule has 42 heavy (non-hydrogen) atoms. The first-order valence-electron chi connectivity index (χ1n) is 13.5. The van der Waals surface area contributed by atoms with E-state index < -0.39 is 11.8 Å². The van der Waals surface area contributed by atoms with Crippen molar-refractivity contribution in [3.8, 4) is 11.1 Å². The Labute approximate surface area is 243 Å². The number of urea groups is 1. The van der Waals surface area contributed by atoms with Crippen LogP contribution in [0.25, 0.3) is 22.0 Å². The highest BCUT2D eigenvalue weighted by Gasteiger charge is 2.25.